The summed E-state index contributed by atoms with van der Waals surface area (Å²) in [6, 6.07) is 7.09. The molecular formula is C18H27N3O3. The molecule has 24 heavy (non-hydrogen) atoms. The minimum absolute atomic E-state index is 0.0516. The molecule has 0 spiro atoms. The molecule has 0 fully saturated rings. The number of methoxy groups -OCH3 is 1. The first-order valence-corrected chi connectivity index (χ1v) is 7.90. The van der Waals surface area contributed by atoms with E-state index in [9.17, 15) is 9.59 Å². The molecule has 1 aromatic carbocycles. The Morgan fingerprint density at radius 2 is 1.79 bits per heavy atom. The lowest BCUT2D eigenvalue weighted by atomic mass is 10.1. The lowest BCUT2D eigenvalue weighted by Crippen LogP contribution is -2.37. The average molecular weight is 333 g/mol. The van der Waals surface area contributed by atoms with Gasteiger partial charge in [-0.2, -0.15) is 0 Å². The highest BCUT2D eigenvalue weighted by Crippen LogP contribution is 2.07. The molecule has 0 saturated carbocycles. The van der Waals surface area contributed by atoms with Crippen molar-refractivity contribution in [3.8, 4) is 0 Å². The molecule has 0 aliphatic carbocycles. The monoisotopic (exact) mass is 333 g/mol. The SMILES string of the molecule is CNC(=O)c1ccc(/C=C\C(=O)N(CCOC)CCN(C)C)cc1. The summed E-state index contributed by atoms with van der Waals surface area (Å²) >= 11 is 0. The quantitative estimate of drug-likeness (QED) is 0.688. The molecular weight excluding hydrogens is 306 g/mol. The van der Waals surface area contributed by atoms with Crippen LogP contribution in [-0.2, 0) is 9.53 Å². The van der Waals surface area contributed by atoms with E-state index < -0.39 is 0 Å². The summed E-state index contributed by atoms with van der Waals surface area (Å²) in [5, 5.41) is 2.57. The Bertz CT molecular complexity index is 553. The van der Waals surface area contributed by atoms with Crippen molar-refractivity contribution >= 4 is 17.9 Å². The van der Waals surface area contributed by atoms with Gasteiger partial charge in [-0.1, -0.05) is 12.1 Å². The van der Waals surface area contributed by atoms with Gasteiger partial charge < -0.3 is 19.9 Å². The van der Waals surface area contributed by atoms with E-state index >= 15 is 0 Å². The van der Waals surface area contributed by atoms with Gasteiger partial charge >= 0.3 is 0 Å². The van der Waals surface area contributed by atoms with Gasteiger partial charge in [0.05, 0.1) is 6.61 Å². The number of carbonyl (C=O) groups is 2. The van der Waals surface area contributed by atoms with Crippen LogP contribution in [0.1, 0.15) is 15.9 Å². The van der Waals surface area contributed by atoms with E-state index in [-0.39, 0.29) is 11.8 Å². The molecule has 1 N–H and O–H groups in total. The highest BCUT2D eigenvalue weighted by molar-refractivity contribution is 5.94. The van der Waals surface area contributed by atoms with Crippen molar-refractivity contribution in [2.24, 2.45) is 0 Å². The molecule has 0 heterocycles. The molecule has 0 atom stereocenters. The summed E-state index contributed by atoms with van der Waals surface area (Å²) in [5.41, 5.74) is 1.46. The van der Waals surface area contributed by atoms with Gasteiger partial charge in [0.15, 0.2) is 0 Å². The molecule has 0 bridgehead atoms. The minimum Gasteiger partial charge on any atom is -0.383 e. The first-order valence-electron chi connectivity index (χ1n) is 7.90. The van der Waals surface area contributed by atoms with Gasteiger partial charge in [-0.05, 0) is 37.9 Å². The van der Waals surface area contributed by atoms with Crippen LogP contribution in [0.25, 0.3) is 6.08 Å². The standard InChI is InChI=1S/C18H27N3O3/c1-19-18(23)16-8-5-15(6-9-16)7-10-17(22)21(13-14-24-4)12-11-20(2)3/h5-10H,11-14H2,1-4H3,(H,19,23)/b10-7-. The summed E-state index contributed by atoms with van der Waals surface area (Å²) in [5.74, 6) is -0.180. The van der Waals surface area contributed by atoms with E-state index in [4.69, 9.17) is 4.74 Å². The summed E-state index contributed by atoms with van der Waals surface area (Å²) in [6.07, 6.45) is 3.31. The summed E-state index contributed by atoms with van der Waals surface area (Å²) in [6.45, 7) is 2.51. The van der Waals surface area contributed by atoms with Crippen LogP contribution in [0.5, 0.6) is 0 Å². The minimum atomic E-state index is -0.129. The molecule has 6 nitrogen and oxygen atoms in total. The smallest absolute Gasteiger partial charge is 0.251 e. The number of hydrogen-bond donors (Lipinski definition) is 1. The lowest BCUT2D eigenvalue weighted by Gasteiger charge is -2.22. The lowest BCUT2D eigenvalue weighted by molar-refractivity contribution is -0.126. The first-order chi connectivity index (χ1) is 11.5. The zero-order chi connectivity index (χ0) is 17.9. The number of carbonyl (C=O) groups excluding carboxylic acids is 2. The number of likely N-dealkylation sites (N-methyl/N-ethyl adjacent to an activating group) is 1. The maximum Gasteiger partial charge on any atom is 0.251 e. The van der Waals surface area contributed by atoms with Crippen molar-refractivity contribution in [1.82, 2.24) is 15.1 Å². The second-order valence-corrected chi connectivity index (χ2v) is 5.66. The largest absolute Gasteiger partial charge is 0.383 e. The van der Waals surface area contributed by atoms with Crippen molar-refractivity contribution in [3.05, 3.63) is 41.5 Å². The van der Waals surface area contributed by atoms with E-state index in [1.54, 1.807) is 43.3 Å². The number of nitrogens with zero attached hydrogens (tertiary/aromatic N) is 2. The van der Waals surface area contributed by atoms with E-state index in [1.807, 2.05) is 31.1 Å². The third-order valence-corrected chi connectivity index (χ3v) is 3.51. The normalized spacial score (nSPS) is 11.0. The molecule has 0 aliphatic heterocycles. The maximum atomic E-state index is 12.4. The van der Waals surface area contributed by atoms with E-state index in [0.29, 0.717) is 25.3 Å². The molecule has 132 valence electrons. The van der Waals surface area contributed by atoms with Gasteiger partial charge in [-0.3, -0.25) is 9.59 Å². The predicted octanol–water partition coefficient (Wildman–Crippen LogP) is 1.10. The van der Waals surface area contributed by atoms with E-state index in [2.05, 4.69) is 5.32 Å². The van der Waals surface area contributed by atoms with E-state index in [0.717, 1.165) is 12.1 Å². The third-order valence-electron chi connectivity index (χ3n) is 3.51. The zero-order valence-corrected chi connectivity index (χ0v) is 14.9. The van der Waals surface area contributed by atoms with Crippen LogP contribution < -0.4 is 5.32 Å². The van der Waals surface area contributed by atoms with Crippen LogP contribution >= 0.6 is 0 Å². The maximum absolute atomic E-state index is 12.4. The molecule has 1 aromatic rings. The Balaban J connectivity index is 2.70. The second kappa shape index (κ2) is 10.6. The number of ether oxygens (including phenoxy) is 1. The summed E-state index contributed by atoms with van der Waals surface area (Å²) in [4.78, 5) is 27.7. The fourth-order valence-corrected chi connectivity index (χ4v) is 2.02. The molecule has 2 amide bonds. The molecule has 0 saturated heterocycles. The van der Waals surface area contributed by atoms with Crippen molar-refractivity contribution in [2.45, 2.75) is 0 Å². The van der Waals surface area contributed by atoms with Crippen molar-refractivity contribution in [2.75, 3.05) is 54.5 Å². The van der Waals surface area contributed by atoms with Crippen LogP contribution in [0.15, 0.2) is 30.3 Å². The Labute approximate surface area is 144 Å². The summed E-state index contributed by atoms with van der Waals surface area (Å²) < 4.78 is 5.07. The van der Waals surface area contributed by atoms with Gasteiger partial charge in [0.1, 0.15) is 0 Å². The number of benzene rings is 1. The molecule has 6 heteroatoms. The van der Waals surface area contributed by atoms with Crippen molar-refractivity contribution in [3.63, 3.8) is 0 Å². The zero-order valence-electron chi connectivity index (χ0n) is 14.9. The second-order valence-electron chi connectivity index (χ2n) is 5.66. The van der Waals surface area contributed by atoms with Crippen LogP contribution in [0, 0.1) is 0 Å². The Morgan fingerprint density at radius 3 is 2.33 bits per heavy atom. The first kappa shape index (κ1) is 19.9. The van der Waals surface area contributed by atoms with Gasteiger partial charge in [0.2, 0.25) is 5.91 Å². The Kier molecular flexibility index (Phi) is 8.75. The van der Waals surface area contributed by atoms with Crippen molar-refractivity contribution < 1.29 is 14.3 Å². The van der Waals surface area contributed by atoms with Gasteiger partial charge in [-0.25, -0.2) is 0 Å². The molecule has 0 radical (unpaired) electrons. The van der Waals surface area contributed by atoms with Crippen molar-refractivity contribution in [1.29, 1.82) is 0 Å². The number of rotatable bonds is 9. The highest BCUT2D eigenvalue weighted by Gasteiger charge is 2.10. The van der Waals surface area contributed by atoms with Gasteiger partial charge in [-0.15, -0.1) is 0 Å². The van der Waals surface area contributed by atoms with Crippen LogP contribution in [-0.4, -0.2) is 76.1 Å². The van der Waals surface area contributed by atoms with Crippen LogP contribution in [0.2, 0.25) is 0 Å². The molecule has 1 rings (SSSR count). The number of amides is 2. The highest BCUT2D eigenvalue weighted by atomic mass is 16.5. The van der Waals surface area contributed by atoms with Crippen LogP contribution in [0.3, 0.4) is 0 Å². The average Bonchev–Trinajstić information content (AvgIpc) is 2.59. The fourth-order valence-electron chi connectivity index (χ4n) is 2.02. The van der Waals surface area contributed by atoms with Gasteiger partial charge in [0.25, 0.3) is 5.91 Å². The Hall–Kier alpha value is -2.18. The number of nitrogens with one attached hydrogen (secondary N) is 1. The Morgan fingerprint density at radius 1 is 1.12 bits per heavy atom. The third kappa shape index (κ3) is 6.93. The molecule has 0 aliphatic rings. The fraction of sp³-hybridized carbons (Fsp3) is 0.444. The van der Waals surface area contributed by atoms with E-state index in [1.165, 1.54) is 0 Å². The van der Waals surface area contributed by atoms with Gasteiger partial charge in [0, 0.05) is 45.4 Å². The summed E-state index contributed by atoms with van der Waals surface area (Å²) in [7, 11) is 7.17. The molecule has 0 aromatic heterocycles. The topological polar surface area (TPSA) is 61.9 Å². The molecule has 0 unspecified atom stereocenters. The predicted molar refractivity (Wildman–Crippen MR) is 95.9 cm³/mol. The van der Waals surface area contributed by atoms with Crippen LogP contribution in [0.4, 0.5) is 0 Å². The number of hydrogen-bond acceptors (Lipinski definition) is 4.